The molecule has 1 aliphatic heterocycles. The first-order valence-electron chi connectivity index (χ1n) is 11.9. The van der Waals surface area contributed by atoms with Gasteiger partial charge in [0.05, 0.1) is 30.5 Å². The zero-order chi connectivity index (χ0) is 27.0. The Kier molecular flexibility index (Phi) is 10.1. The number of thiazole rings is 1. The number of hydrogen-bond donors (Lipinski definition) is 0. The van der Waals surface area contributed by atoms with E-state index in [9.17, 15) is 22.8 Å². The van der Waals surface area contributed by atoms with Crippen molar-refractivity contribution in [1.29, 1.82) is 0 Å². The van der Waals surface area contributed by atoms with E-state index in [0.29, 0.717) is 30.3 Å². The molecule has 0 saturated carbocycles. The van der Waals surface area contributed by atoms with E-state index in [4.69, 9.17) is 14.2 Å². The van der Waals surface area contributed by atoms with Crippen LogP contribution in [0.4, 0.5) is 4.79 Å². The van der Waals surface area contributed by atoms with Gasteiger partial charge in [-0.2, -0.15) is 4.99 Å². The average molecular weight is 557 g/mol. The van der Waals surface area contributed by atoms with Crippen molar-refractivity contribution in [3.05, 3.63) is 23.0 Å². The van der Waals surface area contributed by atoms with E-state index >= 15 is 0 Å². The van der Waals surface area contributed by atoms with Crippen molar-refractivity contribution >= 4 is 49.3 Å². The molecule has 37 heavy (non-hydrogen) atoms. The van der Waals surface area contributed by atoms with Gasteiger partial charge in [-0.05, 0) is 32.0 Å². The molecule has 1 saturated heterocycles. The average Bonchev–Trinajstić information content (AvgIpc) is 3.19. The summed E-state index contributed by atoms with van der Waals surface area (Å²) in [6, 6.07) is 5.45. The predicted octanol–water partition coefficient (Wildman–Crippen LogP) is 0.891. The molecule has 1 fully saturated rings. The van der Waals surface area contributed by atoms with Gasteiger partial charge in [0.15, 0.2) is 14.6 Å². The smallest absolute Gasteiger partial charge is 0.409 e. The fourth-order valence-electron chi connectivity index (χ4n) is 3.79. The number of fused-ring (bicyclic) bond motifs is 1. The van der Waals surface area contributed by atoms with Gasteiger partial charge in [-0.1, -0.05) is 11.3 Å². The minimum absolute atomic E-state index is 0.191. The lowest BCUT2D eigenvalue weighted by atomic mass is 10.3. The van der Waals surface area contributed by atoms with Crippen LogP contribution < -0.4 is 9.54 Å². The summed E-state index contributed by atoms with van der Waals surface area (Å²) in [7, 11) is -2.50. The SMILES string of the molecule is CCOCCn1c(=NC(=O)CS(=O)(=O)CC(=O)N2CCN(C(=O)OCC)CC2)sc2cc(OC)ccc21. The maximum atomic E-state index is 12.7. The van der Waals surface area contributed by atoms with Gasteiger partial charge in [-0.3, -0.25) is 9.59 Å². The number of carbonyl (C=O) groups is 3. The Hall–Kier alpha value is -2.97. The van der Waals surface area contributed by atoms with Crippen molar-refractivity contribution in [1.82, 2.24) is 14.4 Å². The number of carbonyl (C=O) groups excluding carboxylic acids is 3. The molecule has 0 bridgehead atoms. The zero-order valence-electron chi connectivity index (χ0n) is 21.2. The largest absolute Gasteiger partial charge is 0.497 e. The summed E-state index contributed by atoms with van der Waals surface area (Å²) in [4.78, 5) is 44.3. The predicted molar refractivity (Wildman–Crippen MR) is 137 cm³/mol. The van der Waals surface area contributed by atoms with E-state index in [2.05, 4.69) is 4.99 Å². The maximum absolute atomic E-state index is 12.7. The number of benzene rings is 1. The summed E-state index contributed by atoms with van der Waals surface area (Å²) in [5.41, 5.74) is 0.817. The Morgan fingerprint density at radius 2 is 1.73 bits per heavy atom. The van der Waals surface area contributed by atoms with Crippen LogP contribution >= 0.6 is 11.3 Å². The lowest BCUT2D eigenvalue weighted by Crippen LogP contribution is -2.52. The number of nitrogens with zero attached hydrogens (tertiary/aromatic N) is 4. The number of hydrogen-bond acceptors (Lipinski definition) is 9. The molecule has 204 valence electrons. The van der Waals surface area contributed by atoms with Crippen LogP contribution in [-0.4, -0.2) is 105 Å². The van der Waals surface area contributed by atoms with Crippen LogP contribution in [0.3, 0.4) is 0 Å². The van der Waals surface area contributed by atoms with Crippen molar-refractivity contribution < 1.29 is 37.0 Å². The van der Waals surface area contributed by atoms with Crippen molar-refractivity contribution in [2.24, 2.45) is 4.99 Å². The first-order chi connectivity index (χ1) is 17.7. The molecule has 0 N–H and O–H groups in total. The standard InChI is InChI=1S/C23H32N4O8S2/c1-4-34-13-12-27-18-7-6-17(33-3)14-19(18)36-22(27)24-20(28)15-37(31,32)16-21(29)25-8-10-26(11-9-25)23(30)35-5-2/h6-7,14H,4-5,8-13,15-16H2,1-3H3. The zero-order valence-corrected chi connectivity index (χ0v) is 22.8. The highest BCUT2D eigenvalue weighted by atomic mass is 32.2. The Balaban J connectivity index is 1.69. The second-order valence-electron chi connectivity index (χ2n) is 8.17. The van der Waals surface area contributed by atoms with E-state index in [1.165, 1.54) is 21.1 Å². The van der Waals surface area contributed by atoms with Gasteiger partial charge < -0.3 is 28.6 Å². The molecule has 0 atom stereocenters. The van der Waals surface area contributed by atoms with Gasteiger partial charge in [0.25, 0.3) is 5.91 Å². The van der Waals surface area contributed by atoms with Crippen molar-refractivity contribution in [3.63, 3.8) is 0 Å². The summed E-state index contributed by atoms with van der Waals surface area (Å²) in [6.45, 7) is 6.06. The number of ether oxygens (including phenoxy) is 3. The number of piperazine rings is 1. The Bertz CT molecular complexity index is 1290. The first kappa shape index (κ1) is 28.6. The maximum Gasteiger partial charge on any atom is 0.409 e. The third-order valence-corrected chi connectivity index (χ3v) is 8.03. The molecule has 1 aromatic heterocycles. The van der Waals surface area contributed by atoms with E-state index in [0.717, 1.165) is 10.2 Å². The molecular formula is C23H32N4O8S2. The monoisotopic (exact) mass is 556 g/mol. The van der Waals surface area contributed by atoms with Crippen molar-refractivity contribution in [2.75, 3.05) is 64.6 Å². The highest BCUT2D eigenvalue weighted by molar-refractivity contribution is 7.92. The van der Waals surface area contributed by atoms with Crippen LogP contribution in [0.25, 0.3) is 10.2 Å². The molecule has 0 unspecified atom stereocenters. The van der Waals surface area contributed by atoms with Crippen LogP contribution in [0.15, 0.2) is 23.2 Å². The van der Waals surface area contributed by atoms with Crippen molar-refractivity contribution in [3.8, 4) is 5.75 Å². The number of aromatic nitrogens is 1. The number of methoxy groups -OCH3 is 1. The highest BCUT2D eigenvalue weighted by Gasteiger charge is 2.28. The molecule has 14 heteroatoms. The van der Waals surface area contributed by atoms with Crippen LogP contribution in [-0.2, 0) is 35.4 Å². The van der Waals surface area contributed by atoms with Crippen LogP contribution in [0.2, 0.25) is 0 Å². The number of rotatable bonds is 10. The number of amides is 3. The molecule has 12 nitrogen and oxygen atoms in total. The molecule has 0 spiro atoms. The van der Waals surface area contributed by atoms with E-state index in [1.54, 1.807) is 24.7 Å². The quantitative estimate of drug-likeness (QED) is 0.394. The van der Waals surface area contributed by atoms with E-state index < -0.39 is 39.3 Å². The minimum Gasteiger partial charge on any atom is -0.497 e. The Morgan fingerprint density at radius 3 is 2.38 bits per heavy atom. The molecule has 0 aliphatic carbocycles. The molecular weight excluding hydrogens is 524 g/mol. The summed E-state index contributed by atoms with van der Waals surface area (Å²) in [5.74, 6) is -2.51. The summed E-state index contributed by atoms with van der Waals surface area (Å²) < 4.78 is 43.6. The van der Waals surface area contributed by atoms with Gasteiger partial charge in [-0.15, -0.1) is 0 Å². The lowest BCUT2D eigenvalue weighted by molar-refractivity contribution is -0.130. The third-order valence-electron chi connectivity index (χ3n) is 5.62. The fraction of sp³-hybridized carbons (Fsp3) is 0.565. The third kappa shape index (κ3) is 7.76. The molecule has 0 radical (unpaired) electrons. The van der Waals surface area contributed by atoms with Gasteiger partial charge >= 0.3 is 6.09 Å². The van der Waals surface area contributed by atoms with Crippen LogP contribution in [0.5, 0.6) is 5.75 Å². The Labute approximate surface area is 219 Å². The van der Waals surface area contributed by atoms with Gasteiger partial charge in [-0.25, -0.2) is 13.2 Å². The van der Waals surface area contributed by atoms with Gasteiger partial charge in [0, 0.05) is 39.3 Å². The second kappa shape index (κ2) is 13.0. The summed E-state index contributed by atoms with van der Waals surface area (Å²) in [6.07, 6.45) is -0.465. The van der Waals surface area contributed by atoms with Crippen LogP contribution in [0.1, 0.15) is 13.8 Å². The molecule has 2 heterocycles. The molecule has 1 aliphatic rings. The van der Waals surface area contributed by atoms with Gasteiger partial charge in [0.2, 0.25) is 5.91 Å². The summed E-state index contributed by atoms with van der Waals surface area (Å²) in [5, 5.41) is 0. The topological polar surface area (TPSA) is 137 Å². The Morgan fingerprint density at radius 1 is 1.03 bits per heavy atom. The van der Waals surface area contributed by atoms with Gasteiger partial charge in [0.1, 0.15) is 17.3 Å². The highest BCUT2D eigenvalue weighted by Crippen LogP contribution is 2.23. The minimum atomic E-state index is -4.05. The first-order valence-corrected chi connectivity index (χ1v) is 14.5. The molecule has 2 aromatic rings. The van der Waals surface area contributed by atoms with Crippen LogP contribution in [0, 0.1) is 0 Å². The molecule has 3 amide bonds. The molecule has 3 rings (SSSR count). The van der Waals surface area contributed by atoms with E-state index in [-0.39, 0.29) is 32.8 Å². The summed E-state index contributed by atoms with van der Waals surface area (Å²) >= 11 is 1.24. The second-order valence-corrected chi connectivity index (χ2v) is 11.2. The normalized spacial score (nSPS) is 14.7. The fourth-order valence-corrected chi connectivity index (χ4v) is 6.00. The molecule has 1 aromatic carbocycles. The van der Waals surface area contributed by atoms with Crippen molar-refractivity contribution in [2.45, 2.75) is 20.4 Å². The number of sulfone groups is 1. The van der Waals surface area contributed by atoms with E-state index in [1.807, 2.05) is 19.1 Å². The lowest BCUT2D eigenvalue weighted by Gasteiger charge is -2.34.